The zero-order valence-corrected chi connectivity index (χ0v) is 13.1. The van der Waals surface area contributed by atoms with Gasteiger partial charge in [-0.15, -0.1) is 0 Å². The van der Waals surface area contributed by atoms with Crippen molar-refractivity contribution < 1.29 is 4.79 Å². The van der Waals surface area contributed by atoms with E-state index in [1.54, 1.807) is 22.9 Å². The summed E-state index contributed by atoms with van der Waals surface area (Å²) in [6.45, 7) is 2.50. The first-order chi connectivity index (χ1) is 9.49. The SMILES string of the molecule is CCc1nn(C)cc1CNC(=O)c1cc(N)cc(Br)c1. The Kier molecular flexibility index (Phi) is 4.44. The molecule has 0 aliphatic heterocycles. The molecule has 1 heterocycles. The normalized spacial score (nSPS) is 10.6. The molecule has 0 atom stereocenters. The highest BCUT2D eigenvalue weighted by molar-refractivity contribution is 9.10. The molecule has 5 nitrogen and oxygen atoms in total. The molecule has 1 amide bonds. The summed E-state index contributed by atoms with van der Waals surface area (Å²) < 4.78 is 2.55. The molecule has 0 spiro atoms. The van der Waals surface area contributed by atoms with E-state index in [-0.39, 0.29) is 5.91 Å². The topological polar surface area (TPSA) is 72.9 Å². The van der Waals surface area contributed by atoms with Gasteiger partial charge in [-0.3, -0.25) is 9.48 Å². The second kappa shape index (κ2) is 6.09. The van der Waals surface area contributed by atoms with Crippen LogP contribution in [0.4, 0.5) is 5.69 Å². The molecule has 0 aliphatic rings. The predicted octanol–water partition coefficient (Wildman–Crippen LogP) is 2.26. The Labute approximate surface area is 126 Å². The van der Waals surface area contributed by atoms with Crippen molar-refractivity contribution in [3.05, 3.63) is 45.7 Å². The Morgan fingerprint density at radius 2 is 2.20 bits per heavy atom. The van der Waals surface area contributed by atoms with E-state index in [2.05, 4.69) is 26.3 Å². The maximum Gasteiger partial charge on any atom is 0.251 e. The van der Waals surface area contributed by atoms with Crippen LogP contribution in [0.5, 0.6) is 0 Å². The van der Waals surface area contributed by atoms with Crippen LogP contribution in [0.2, 0.25) is 0 Å². The average Bonchev–Trinajstić information content (AvgIpc) is 2.75. The highest BCUT2D eigenvalue weighted by Crippen LogP contribution is 2.17. The van der Waals surface area contributed by atoms with E-state index in [0.717, 1.165) is 22.2 Å². The minimum absolute atomic E-state index is 0.149. The summed E-state index contributed by atoms with van der Waals surface area (Å²) in [5.41, 5.74) is 8.86. The number of carbonyl (C=O) groups is 1. The lowest BCUT2D eigenvalue weighted by molar-refractivity contribution is 0.0951. The number of nitrogen functional groups attached to an aromatic ring is 1. The van der Waals surface area contributed by atoms with Crippen molar-refractivity contribution in [1.82, 2.24) is 15.1 Å². The van der Waals surface area contributed by atoms with Crippen molar-refractivity contribution in [2.45, 2.75) is 19.9 Å². The Bertz CT molecular complexity index is 616. The number of nitrogens with zero attached hydrogens (tertiary/aromatic N) is 2. The number of nitrogens with one attached hydrogen (secondary N) is 1. The van der Waals surface area contributed by atoms with E-state index >= 15 is 0 Å². The van der Waals surface area contributed by atoms with Crippen molar-refractivity contribution in [2.24, 2.45) is 7.05 Å². The van der Waals surface area contributed by atoms with Crippen molar-refractivity contribution in [3.63, 3.8) is 0 Å². The van der Waals surface area contributed by atoms with Crippen molar-refractivity contribution >= 4 is 27.5 Å². The second-order valence-electron chi connectivity index (χ2n) is 4.58. The predicted molar refractivity (Wildman–Crippen MR) is 82.3 cm³/mol. The number of rotatable bonds is 4. The summed E-state index contributed by atoms with van der Waals surface area (Å²) in [6.07, 6.45) is 2.77. The molecule has 106 valence electrons. The Hall–Kier alpha value is -1.82. The Morgan fingerprint density at radius 1 is 1.45 bits per heavy atom. The zero-order valence-electron chi connectivity index (χ0n) is 11.5. The highest BCUT2D eigenvalue weighted by Gasteiger charge is 2.10. The van der Waals surface area contributed by atoms with Gasteiger partial charge in [0.15, 0.2) is 0 Å². The van der Waals surface area contributed by atoms with E-state index in [4.69, 9.17) is 5.73 Å². The molecule has 1 aromatic heterocycles. The van der Waals surface area contributed by atoms with E-state index < -0.39 is 0 Å². The number of hydrogen-bond acceptors (Lipinski definition) is 3. The standard InChI is InChI=1S/C14H17BrN4O/c1-3-13-10(8-19(2)18-13)7-17-14(20)9-4-11(15)6-12(16)5-9/h4-6,8H,3,7,16H2,1-2H3,(H,17,20). The Morgan fingerprint density at radius 3 is 2.85 bits per heavy atom. The lowest BCUT2D eigenvalue weighted by Crippen LogP contribution is -2.23. The first kappa shape index (κ1) is 14.6. The first-order valence-corrected chi connectivity index (χ1v) is 7.14. The highest BCUT2D eigenvalue weighted by atomic mass is 79.9. The van der Waals surface area contributed by atoms with Crippen LogP contribution in [-0.2, 0) is 20.0 Å². The maximum atomic E-state index is 12.1. The monoisotopic (exact) mass is 336 g/mol. The summed E-state index contributed by atoms with van der Waals surface area (Å²) in [6, 6.07) is 5.16. The lowest BCUT2D eigenvalue weighted by Gasteiger charge is -2.06. The van der Waals surface area contributed by atoms with Crippen LogP contribution in [0.1, 0.15) is 28.5 Å². The largest absolute Gasteiger partial charge is 0.399 e. The lowest BCUT2D eigenvalue weighted by atomic mass is 10.1. The number of carbonyl (C=O) groups excluding carboxylic acids is 1. The second-order valence-corrected chi connectivity index (χ2v) is 5.50. The van der Waals surface area contributed by atoms with Crippen molar-refractivity contribution in [2.75, 3.05) is 5.73 Å². The number of nitrogens with two attached hydrogens (primary N) is 1. The van der Waals surface area contributed by atoms with Gasteiger partial charge in [-0.1, -0.05) is 22.9 Å². The van der Waals surface area contributed by atoms with Crippen LogP contribution in [-0.4, -0.2) is 15.7 Å². The van der Waals surface area contributed by atoms with Gasteiger partial charge in [0.25, 0.3) is 5.91 Å². The van der Waals surface area contributed by atoms with Crippen LogP contribution in [0, 0.1) is 0 Å². The van der Waals surface area contributed by atoms with Crippen LogP contribution in [0.25, 0.3) is 0 Å². The molecule has 0 fully saturated rings. The van der Waals surface area contributed by atoms with Gasteiger partial charge in [-0.2, -0.15) is 5.10 Å². The third kappa shape index (κ3) is 3.39. The van der Waals surface area contributed by atoms with Crippen LogP contribution < -0.4 is 11.1 Å². The fourth-order valence-corrected chi connectivity index (χ4v) is 2.56. The summed E-state index contributed by atoms with van der Waals surface area (Å²) in [7, 11) is 1.87. The van der Waals surface area contributed by atoms with Crippen LogP contribution in [0.3, 0.4) is 0 Å². The molecule has 20 heavy (non-hydrogen) atoms. The average molecular weight is 337 g/mol. The van der Waals surface area contributed by atoms with Crippen LogP contribution in [0.15, 0.2) is 28.9 Å². The Balaban J connectivity index is 2.08. The zero-order chi connectivity index (χ0) is 14.7. The molecule has 6 heteroatoms. The van der Waals surface area contributed by atoms with Gasteiger partial charge in [0.2, 0.25) is 0 Å². The summed E-state index contributed by atoms with van der Waals surface area (Å²) in [5, 5.41) is 7.23. The fourth-order valence-electron chi connectivity index (χ4n) is 2.05. The molecular weight excluding hydrogens is 320 g/mol. The van der Waals surface area contributed by atoms with Crippen molar-refractivity contribution in [1.29, 1.82) is 0 Å². The van der Waals surface area contributed by atoms with Gasteiger partial charge in [0, 0.05) is 41.1 Å². The molecule has 0 bridgehead atoms. The molecular formula is C14H17BrN4O. The molecule has 3 N–H and O–H groups in total. The van der Waals surface area contributed by atoms with Gasteiger partial charge in [-0.05, 0) is 24.6 Å². The molecule has 0 saturated carbocycles. The molecule has 1 aromatic carbocycles. The molecule has 0 radical (unpaired) electrons. The van der Waals surface area contributed by atoms with Gasteiger partial charge in [0.1, 0.15) is 0 Å². The third-order valence-corrected chi connectivity index (χ3v) is 3.41. The van der Waals surface area contributed by atoms with Crippen LogP contribution >= 0.6 is 15.9 Å². The number of halogens is 1. The number of amides is 1. The number of aryl methyl sites for hydroxylation is 2. The molecule has 0 unspecified atom stereocenters. The van der Waals surface area contributed by atoms with Crippen molar-refractivity contribution in [3.8, 4) is 0 Å². The van der Waals surface area contributed by atoms with E-state index in [9.17, 15) is 4.79 Å². The fraction of sp³-hybridized carbons (Fsp3) is 0.286. The number of benzene rings is 1. The third-order valence-electron chi connectivity index (χ3n) is 2.95. The maximum absolute atomic E-state index is 12.1. The summed E-state index contributed by atoms with van der Waals surface area (Å²) >= 11 is 3.33. The van der Waals surface area contributed by atoms with E-state index in [0.29, 0.717) is 17.8 Å². The molecule has 2 aromatic rings. The molecule has 2 rings (SSSR count). The summed E-state index contributed by atoms with van der Waals surface area (Å²) in [5.74, 6) is -0.149. The van der Waals surface area contributed by atoms with E-state index in [1.165, 1.54) is 0 Å². The minimum Gasteiger partial charge on any atom is -0.399 e. The molecule has 0 saturated heterocycles. The number of hydrogen-bond donors (Lipinski definition) is 2. The van der Waals surface area contributed by atoms with E-state index in [1.807, 2.05) is 20.2 Å². The van der Waals surface area contributed by atoms with Gasteiger partial charge in [-0.25, -0.2) is 0 Å². The number of aromatic nitrogens is 2. The smallest absolute Gasteiger partial charge is 0.251 e. The van der Waals surface area contributed by atoms with Gasteiger partial charge < -0.3 is 11.1 Å². The molecule has 0 aliphatic carbocycles. The van der Waals surface area contributed by atoms with Gasteiger partial charge in [0.05, 0.1) is 5.69 Å². The first-order valence-electron chi connectivity index (χ1n) is 6.35. The van der Waals surface area contributed by atoms with Gasteiger partial charge >= 0.3 is 0 Å². The quantitative estimate of drug-likeness (QED) is 0.841. The minimum atomic E-state index is -0.149. The summed E-state index contributed by atoms with van der Waals surface area (Å²) in [4.78, 5) is 12.1. The number of anilines is 1.